The van der Waals surface area contributed by atoms with Gasteiger partial charge in [-0.25, -0.2) is 9.97 Å². The highest BCUT2D eigenvalue weighted by Crippen LogP contribution is 2.39. The SMILES string of the molecule is Cc1nc2c(-c3ccc(OCCC4CCNCC4)c(C(F)(F)F)c3)nc(C#N)nc2n1C.Cl. The van der Waals surface area contributed by atoms with Gasteiger partial charge >= 0.3 is 6.18 Å². The summed E-state index contributed by atoms with van der Waals surface area (Å²) in [6.45, 7) is 3.83. The molecule has 1 N–H and O–H groups in total. The van der Waals surface area contributed by atoms with Crippen LogP contribution < -0.4 is 10.1 Å². The molecule has 176 valence electrons. The second-order valence-electron chi connectivity index (χ2n) is 7.94. The molecule has 1 aliphatic heterocycles. The Morgan fingerprint density at radius 2 is 1.94 bits per heavy atom. The van der Waals surface area contributed by atoms with Crippen LogP contribution in [0.2, 0.25) is 0 Å². The molecule has 0 saturated carbocycles. The van der Waals surface area contributed by atoms with Crippen LogP contribution in [-0.4, -0.2) is 39.2 Å². The largest absolute Gasteiger partial charge is 0.493 e. The molecule has 3 heterocycles. The number of piperidine rings is 1. The number of aromatic nitrogens is 4. The molecule has 1 fully saturated rings. The van der Waals surface area contributed by atoms with Crippen LogP contribution in [0, 0.1) is 24.2 Å². The van der Waals surface area contributed by atoms with Crippen molar-refractivity contribution in [3.63, 3.8) is 0 Å². The minimum atomic E-state index is -4.61. The summed E-state index contributed by atoms with van der Waals surface area (Å²) in [5.41, 5.74) is 0.238. The summed E-state index contributed by atoms with van der Waals surface area (Å²) in [6.07, 6.45) is -1.89. The Morgan fingerprint density at radius 1 is 1.21 bits per heavy atom. The summed E-state index contributed by atoms with van der Waals surface area (Å²) in [5.74, 6) is 0.722. The number of nitriles is 1. The molecule has 1 saturated heterocycles. The number of rotatable bonds is 5. The van der Waals surface area contributed by atoms with Gasteiger partial charge in [-0.3, -0.25) is 0 Å². The van der Waals surface area contributed by atoms with Gasteiger partial charge in [-0.05, 0) is 63.4 Å². The minimum Gasteiger partial charge on any atom is -0.493 e. The fourth-order valence-electron chi connectivity index (χ4n) is 3.95. The Balaban J connectivity index is 0.00000306. The summed E-state index contributed by atoms with van der Waals surface area (Å²) in [7, 11) is 1.73. The van der Waals surface area contributed by atoms with Crippen molar-refractivity contribution >= 4 is 23.6 Å². The number of imidazole rings is 1. The van der Waals surface area contributed by atoms with Crippen LogP contribution in [0.25, 0.3) is 22.4 Å². The zero-order valence-electron chi connectivity index (χ0n) is 18.2. The van der Waals surface area contributed by atoms with E-state index in [-0.39, 0.29) is 41.8 Å². The maximum Gasteiger partial charge on any atom is 0.419 e. The molecule has 1 aromatic carbocycles. The fourth-order valence-corrected chi connectivity index (χ4v) is 3.95. The molecule has 0 atom stereocenters. The first-order valence-corrected chi connectivity index (χ1v) is 10.4. The highest BCUT2D eigenvalue weighted by molar-refractivity contribution is 5.88. The lowest BCUT2D eigenvalue weighted by Gasteiger charge is -2.23. The van der Waals surface area contributed by atoms with E-state index in [9.17, 15) is 18.4 Å². The van der Waals surface area contributed by atoms with E-state index in [2.05, 4.69) is 20.3 Å². The van der Waals surface area contributed by atoms with E-state index in [1.54, 1.807) is 18.5 Å². The number of nitrogens with one attached hydrogen (secondary N) is 1. The molecule has 0 unspecified atom stereocenters. The van der Waals surface area contributed by atoms with Crippen molar-refractivity contribution in [1.29, 1.82) is 5.26 Å². The second-order valence-corrected chi connectivity index (χ2v) is 7.94. The average molecular weight is 481 g/mol. The third kappa shape index (κ3) is 5.20. The molecular weight excluding hydrogens is 457 g/mol. The first-order valence-electron chi connectivity index (χ1n) is 10.4. The number of aryl methyl sites for hydroxylation is 2. The normalized spacial score (nSPS) is 14.7. The molecule has 7 nitrogen and oxygen atoms in total. The Morgan fingerprint density at radius 3 is 2.61 bits per heavy atom. The van der Waals surface area contributed by atoms with Crippen LogP contribution in [0.1, 0.15) is 36.5 Å². The van der Waals surface area contributed by atoms with Crippen LogP contribution >= 0.6 is 12.4 Å². The van der Waals surface area contributed by atoms with Crippen LogP contribution in [-0.2, 0) is 13.2 Å². The van der Waals surface area contributed by atoms with Crippen molar-refractivity contribution in [3.05, 3.63) is 35.4 Å². The van der Waals surface area contributed by atoms with Gasteiger partial charge in [0.25, 0.3) is 0 Å². The minimum absolute atomic E-state index is 0. The van der Waals surface area contributed by atoms with E-state index < -0.39 is 11.7 Å². The summed E-state index contributed by atoms with van der Waals surface area (Å²) in [6, 6.07) is 5.70. The zero-order valence-corrected chi connectivity index (χ0v) is 19.1. The topological polar surface area (TPSA) is 88.7 Å². The molecule has 3 aromatic rings. The Kier molecular flexibility index (Phi) is 7.44. The van der Waals surface area contributed by atoms with Crippen LogP contribution in [0.4, 0.5) is 13.2 Å². The van der Waals surface area contributed by atoms with E-state index in [4.69, 9.17) is 4.74 Å². The first kappa shape index (κ1) is 24.7. The molecule has 33 heavy (non-hydrogen) atoms. The number of ether oxygens (including phenoxy) is 1. The molecule has 0 amide bonds. The highest BCUT2D eigenvalue weighted by Gasteiger charge is 2.35. The van der Waals surface area contributed by atoms with E-state index in [0.29, 0.717) is 29.3 Å². The molecule has 4 rings (SSSR count). The molecule has 0 aliphatic carbocycles. The summed E-state index contributed by atoms with van der Waals surface area (Å²) < 4.78 is 48.8. The molecule has 0 radical (unpaired) electrons. The molecule has 0 bridgehead atoms. The number of fused-ring (bicyclic) bond motifs is 1. The van der Waals surface area contributed by atoms with Crippen LogP contribution in [0.3, 0.4) is 0 Å². The van der Waals surface area contributed by atoms with E-state index >= 15 is 0 Å². The number of alkyl halides is 3. The van der Waals surface area contributed by atoms with E-state index in [0.717, 1.165) is 32.0 Å². The van der Waals surface area contributed by atoms with Gasteiger partial charge in [0, 0.05) is 12.6 Å². The van der Waals surface area contributed by atoms with E-state index in [1.807, 2.05) is 6.07 Å². The van der Waals surface area contributed by atoms with Gasteiger partial charge in [-0.2, -0.15) is 23.4 Å². The first-order chi connectivity index (χ1) is 15.3. The predicted molar refractivity (Wildman–Crippen MR) is 119 cm³/mol. The number of hydrogen-bond donors (Lipinski definition) is 1. The molecule has 0 spiro atoms. The van der Waals surface area contributed by atoms with Crippen LogP contribution in [0.5, 0.6) is 5.75 Å². The Hall–Kier alpha value is -2.90. The van der Waals surface area contributed by atoms with Gasteiger partial charge in [0.05, 0.1) is 12.2 Å². The van der Waals surface area contributed by atoms with Crippen molar-refractivity contribution in [1.82, 2.24) is 24.8 Å². The van der Waals surface area contributed by atoms with Crippen molar-refractivity contribution in [2.45, 2.75) is 32.4 Å². The zero-order chi connectivity index (χ0) is 22.9. The molecule has 11 heteroatoms. The third-order valence-corrected chi connectivity index (χ3v) is 5.84. The lowest BCUT2D eigenvalue weighted by molar-refractivity contribution is -0.138. The summed E-state index contributed by atoms with van der Waals surface area (Å²) in [4.78, 5) is 12.7. The van der Waals surface area contributed by atoms with Crippen molar-refractivity contribution in [2.24, 2.45) is 13.0 Å². The highest BCUT2D eigenvalue weighted by atomic mass is 35.5. The monoisotopic (exact) mass is 480 g/mol. The van der Waals surface area contributed by atoms with Gasteiger partial charge in [0.2, 0.25) is 5.82 Å². The van der Waals surface area contributed by atoms with Gasteiger partial charge < -0.3 is 14.6 Å². The van der Waals surface area contributed by atoms with E-state index in [1.165, 1.54) is 12.1 Å². The number of benzene rings is 1. The Bertz CT molecular complexity index is 1180. The van der Waals surface area contributed by atoms with Gasteiger partial charge in [0.1, 0.15) is 28.9 Å². The van der Waals surface area contributed by atoms with Gasteiger partial charge in [-0.1, -0.05) is 0 Å². The predicted octanol–water partition coefficient (Wildman–Crippen LogP) is 4.42. The summed E-state index contributed by atoms with van der Waals surface area (Å²) in [5, 5.41) is 12.6. The molecular formula is C22H24ClF3N6O. The third-order valence-electron chi connectivity index (χ3n) is 5.84. The maximum absolute atomic E-state index is 13.9. The van der Waals surface area contributed by atoms with Crippen LogP contribution in [0.15, 0.2) is 18.2 Å². The number of nitrogens with zero attached hydrogens (tertiary/aromatic N) is 5. The quantitative estimate of drug-likeness (QED) is 0.581. The summed E-state index contributed by atoms with van der Waals surface area (Å²) >= 11 is 0. The van der Waals surface area contributed by atoms with Crippen molar-refractivity contribution in [2.75, 3.05) is 19.7 Å². The lowest BCUT2D eigenvalue weighted by Crippen LogP contribution is -2.28. The molecule has 2 aromatic heterocycles. The number of hydrogen-bond acceptors (Lipinski definition) is 6. The van der Waals surface area contributed by atoms with Crippen molar-refractivity contribution in [3.8, 4) is 23.1 Å². The molecule has 1 aliphatic rings. The lowest BCUT2D eigenvalue weighted by atomic mass is 9.95. The second kappa shape index (κ2) is 9.93. The van der Waals surface area contributed by atoms with Crippen molar-refractivity contribution < 1.29 is 17.9 Å². The smallest absolute Gasteiger partial charge is 0.419 e. The van der Waals surface area contributed by atoms with Gasteiger partial charge in [-0.15, -0.1) is 12.4 Å². The maximum atomic E-state index is 13.9. The fraction of sp³-hybridized carbons (Fsp3) is 0.455. The average Bonchev–Trinajstić information content (AvgIpc) is 3.07. The number of halogens is 4. The van der Waals surface area contributed by atoms with Gasteiger partial charge in [0.15, 0.2) is 5.65 Å². The standard InChI is InChI=1S/C22H23F3N6O.ClH/c1-13-28-20-19(29-18(12-26)30-21(20)31(13)2)15-3-4-17(16(11-15)22(23,24)25)32-10-7-14-5-8-27-9-6-14;/h3-4,11,14,27H,5-10H2,1-2H3;1H. The Labute approximate surface area is 195 Å².